The Balaban J connectivity index is 1.78. The molecule has 1 aromatic rings. The van der Waals surface area contributed by atoms with Gasteiger partial charge in [-0.2, -0.15) is 4.31 Å². The Morgan fingerprint density at radius 3 is 2.73 bits per heavy atom. The third-order valence-corrected chi connectivity index (χ3v) is 6.94. The van der Waals surface area contributed by atoms with Crippen LogP contribution < -0.4 is 0 Å². The molecule has 0 aromatic heterocycles. The molecule has 0 bridgehead atoms. The predicted octanol–water partition coefficient (Wildman–Crippen LogP) is 2.03. The molecular weight excluding hydrogens is 352 g/mol. The van der Waals surface area contributed by atoms with E-state index in [1.807, 2.05) is 13.0 Å². The van der Waals surface area contributed by atoms with Gasteiger partial charge in [0.15, 0.2) is 0 Å². The van der Waals surface area contributed by atoms with E-state index in [0.29, 0.717) is 43.4 Å². The van der Waals surface area contributed by atoms with Crippen molar-refractivity contribution in [1.82, 2.24) is 9.21 Å². The van der Waals surface area contributed by atoms with Gasteiger partial charge < -0.3 is 9.64 Å². The van der Waals surface area contributed by atoms with Crippen LogP contribution in [0.25, 0.3) is 0 Å². The molecule has 0 spiro atoms. The monoisotopic (exact) mass is 380 g/mol. The van der Waals surface area contributed by atoms with E-state index in [2.05, 4.69) is 0 Å². The third-order valence-electron chi connectivity index (χ3n) is 5.08. The van der Waals surface area contributed by atoms with Crippen molar-refractivity contribution in [2.45, 2.75) is 44.0 Å². The fraction of sp³-hybridized carbons (Fsp3) is 0.632. The van der Waals surface area contributed by atoms with Crippen LogP contribution in [0.15, 0.2) is 23.1 Å². The maximum absolute atomic E-state index is 13.1. The lowest BCUT2D eigenvalue weighted by Crippen LogP contribution is -2.38. The number of fused-ring (bicyclic) bond motifs is 1. The minimum absolute atomic E-state index is 0.0339. The van der Waals surface area contributed by atoms with E-state index in [-0.39, 0.29) is 12.5 Å². The van der Waals surface area contributed by atoms with Crippen LogP contribution in [0.1, 0.15) is 37.3 Å². The van der Waals surface area contributed by atoms with Gasteiger partial charge in [-0.1, -0.05) is 13.0 Å². The quantitative estimate of drug-likeness (QED) is 0.692. The normalized spacial score (nSPS) is 17.4. The zero-order chi connectivity index (χ0) is 18.7. The number of ether oxygens (including phenoxy) is 1. The number of nitrogens with zero attached hydrogens (tertiary/aromatic N) is 2. The molecule has 3 rings (SSSR count). The summed E-state index contributed by atoms with van der Waals surface area (Å²) in [6.45, 7) is 4.39. The van der Waals surface area contributed by atoms with Crippen molar-refractivity contribution in [1.29, 1.82) is 0 Å². The molecule has 26 heavy (non-hydrogen) atoms. The summed E-state index contributed by atoms with van der Waals surface area (Å²) in [5.74, 6) is 0.489. The van der Waals surface area contributed by atoms with E-state index in [1.54, 1.807) is 21.3 Å². The van der Waals surface area contributed by atoms with E-state index >= 15 is 0 Å². The lowest BCUT2D eigenvalue weighted by molar-refractivity contribution is -0.136. The number of carbonyl (C=O) groups is 1. The molecule has 6 nitrogen and oxygen atoms in total. The molecule has 0 unspecified atom stereocenters. The molecule has 144 valence electrons. The van der Waals surface area contributed by atoms with Crippen molar-refractivity contribution in [3.05, 3.63) is 29.3 Å². The first-order valence-corrected chi connectivity index (χ1v) is 10.8. The Bertz CT molecular complexity index is 759. The van der Waals surface area contributed by atoms with Crippen LogP contribution in [0.4, 0.5) is 0 Å². The maximum atomic E-state index is 13.1. The highest BCUT2D eigenvalue weighted by Crippen LogP contribution is 2.32. The van der Waals surface area contributed by atoms with Crippen LogP contribution in [0.2, 0.25) is 0 Å². The second kappa shape index (κ2) is 8.06. The fourth-order valence-electron chi connectivity index (χ4n) is 3.41. The summed E-state index contributed by atoms with van der Waals surface area (Å²) in [4.78, 5) is 14.1. The molecule has 1 amide bonds. The number of hydrogen-bond donors (Lipinski definition) is 0. The number of sulfonamides is 1. The molecule has 7 heteroatoms. The van der Waals surface area contributed by atoms with Gasteiger partial charge >= 0.3 is 0 Å². The summed E-state index contributed by atoms with van der Waals surface area (Å²) >= 11 is 0. The second-order valence-corrected chi connectivity index (χ2v) is 9.17. The van der Waals surface area contributed by atoms with Gasteiger partial charge in [0, 0.05) is 33.3 Å². The molecule has 1 aliphatic carbocycles. The second-order valence-electron chi connectivity index (χ2n) is 7.24. The number of methoxy groups -OCH3 is 1. The standard InChI is InChI=1S/C19H28N2O4S/c1-3-9-21(12-15-4-5-15)26(23,24)18-7-6-17-13-20(19(22)14-25-2)10-8-16(17)11-18/h6-7,11,15H,3-5,8-10,12-14H2,1-2H3. The third kappa shape index (κ3) is 4.27. The van der Waals surface area contributed by atoms with Crippen molar-refractivity contribution in [3.63, 3.8) is 0 Å². The molecule has 1 aliphatic heterocycles. The summed E-state index contributed by atoms with van der Waals surface area (Å²) in [5, 5.41) is 0. The van der Waals surface area contributed by atoms with Crippen molar-refractivity contribution in [2.24, 2.45) is 5.92 Å². The van der Waals surface area contributed by atoms with E-state index < -0.39 is 10.0 Å². The van der Waals surface area contributed by atoms with Gasteiger partial charge in [-0.15, -0.1) is 0 Å². The molecule has 0 atom stereocenters. The number of benzene rings is 1. The Hall–Kier alpha value is -1.44. The van der Waals surface area contributed by atoms with Crippen LogP contribution >= 0.6 is 0 Å². The number of hydrogen-bond acceptors (Lipinski definition) is 4. The molecule has 0 saturated heterocycles. The summed E-state index contributed by atoms with van der Waals surface area (Å²) in [5.41, 5.74) is 2.04. The first-order chi connectivity index (χ1) is 12.5. The predicted molar refractivity (Wildman–Crippen MR) is 99.2 cm³/mol. The lowest BCUT2D eigenvalue weighted by atomic mass is 10.00. The van der Waals surface area contributed by atoms with Crippen molar-refractivity contribution in [3.8, 4) is 0 Å². The average molecular weight is 381 g/mol. The summed E-state index contributed by atoms with van der Waals surface area (Å²) in [7, 11) is -1.95. The largest absolute Gasteiger partial charge is 0.375 e. The van der Waals surface area contributed by atoms with E-state index in [4.69, 9.17) is 4.74 Å². The Morgan fingerprint density at radius 1 is 1.31 bits per heavy atom. The Labute approximate surface area is 156 Å². The molecule has 1 fully saturated rings. The molecule has 1 saturated carbocycles. The van der Waals surface area contributed by atoms with Crippen molar-refractivity contribution >= 4 is 15.9 Å². The number of carbonyl (C=O) groups excluding carboxylic acids is 1. The zero-order valence-corrected chi connectivity index (χ0v) is 16.4. The Kier molecular flexibility index (Phi) is 5.99. The van der Waals surface area contributed by atoms with Crippen molar-refractivity contribution in [2.75, 3.05) is 33.4 Å². The number of amides is 1. The van der Waals surface area contributed by atoms with Gasteiger partial charge in [-0.3, -0.25) is 4.79 Å². The van der Waals surface area contributed by atoms with Gasteiger partial charge in [0.05, 0.1) is 4.90 Å². The first kappa shape index (κ1) is 19.3. The molecule has 2 aliphatic rings. The molecular formula is C19H28N2O4S. The van der Waals surface area contributed by atoms with Gasteiger partial charge in [-0.25, -0.2) is 8.42 Å². The van der Waals surface area contributed by atoms with Crippen LogP contribution in [0, 0.1) is 5.92 Å². The zero-order valence-electron chi connectivity index (χ0n) is 15.6. The maximum Gasteiger partial charge on any atom is 0.248 e. The van der Waals surface area contributed by atoms with Crippen LogP contribution in [0.3, 0.4) is 0 Å². The van der Waals surface area contributed by atoms with Crippen LogP contribution in [-0.2, 0) is 32.5 Å². The minimum atomic E-state index is -3.46. The van der Waals surface area contributed by atoms with E-state index in [0.717, 1.165) is 30.4 Å². The summed E-state index contributed by atoms with van der Waals surface area (Å²) in [6.07, 6.45) is 3.74. The fourth-order valence-corrected chi connectivity index (χ4v) is 5.07. The van der Waals surface area contributed by atoms with Crippen LogP contribution in [-0.4, -0.2) is 56.9 Å². The van der Waals surface area contributed by atoms with Gasteiger partial charge in [0.1, 0.15) is 6.61 Å². The molecule has 1 aromatic carbocycles. The van der Waals surface area contributed by atoms with Gasteiger partial charge in [-0.05, 0) is 54.9 Å². The van der Waals surface area contributed by atoms with Crippen molar-refractivity contribution < 1.29 is 17.9 Å². The SMILES string of the molecule is CCCN(CC1CC1)S(=O)(=O)c1ccc2c(c1)CCN(C(=O)COC)C2. The van der Waals surface area contributed by atoms with Crippen LogP contribution in [0.5, 0.6) is 0 Å². The molecule has 0 radical (unpaired) electrons. The molecule has 1 heterocycles. The topological polar surface area (TPSA) is 66.9 Å². The highest BCUT2D eigenvalue weighted by atomic mass is 32.2. The smallest absolute Gasteiger partial charge is 0.248 e. The van der Waals surface area contributed by atoms with Gasteiger partial charge in [0.25, 0.3) is 0 Å². The highest BCUT2D eigenvalue weighted by Gasteiger charge is 2.32. The minimum Gasteiger partial charge on any atom is -0.375 e. The summed E-state index contributed by atoms with van der Waals surface area (Å²) in [6, 6.07) is 5.35. The summed E-state index contributed by atoms with van der Waals surface area (Å²) < 4.78 is 32.7. The highest BCUT2D eigenvalue weighted by molar-refractivity contribution is 7.89. The lowest BCUT2D eigenvalue weighted by Gasteiger charge is -2.29. The Morgan fingerprint density at radius 2 is 2.08 bits per heavy atom. The number of rotatable bonds is 8. The van der Waals surface area contributed by atoms with E-state index in [9.17, 15) is 13.2 Å². The molecule has 0 N–H and O–H groups in total. The first-order valence-electron chi connectivity index (χ1n) is 9.34. The average Bonchev–Trinajstić information content (AvgIpc) is 3.44. The van der Waals surface area contributed by atoms with E-state index in [1.165, 1.54) is 7.11 Å². The van der Waals surface area contributed by atoms with Gasteiger partial charge in [0.2, 0.25) is 15.9 Å².